The molecule has 1 saturated carbocycles. The van der Waals surface area contributed by atoms with Gasteiger partial charge in [0, 0.05) is 7.05 Å². The highest BCUT2D eigenvalue weighted by Gasteiger charge is 2.05. The largest absolute Gasteiger partial charge is 0.370 e. The molecule has 0 aromatic rings. The fourth-order valence-corrected chi connectivity index (χ4v) is 1.31. The van der Waals surface area contributed by atoms with Crippen LogP contribution in [0.2, 0.25) is 0 Å². The summed E-state index contributed by atoms with van der Waals surface area (Å²) < 4.78 is 0. The molecule has 72 valence electrons. The molecule has 0 atom stereocenters. The average molecular weight is 171 g/mol. The summed E-state index contributed by atoms with van der Waals surface area (Å²) in [5.41, 5.74) is 9.64. The molecule has 3 heteroatoms. The minimum atomic E-state index is 0.130. The first-order chi connectivity index (χ1) is 5.66. The molecule has 0 aromatic heterocycles. The maximum Gasteiger partial charge on any atom is 0.185 e. The summed E-state index contributed by atoms with van der Waals surface area (Å²) in [6, 6.07) is 0. The van der Waals surface area contributed by atoms with Crippen LogP contribution in [0.5, 0.6) is 0 Å². The van der Waals surface area contributed by atoms with Gasteiger partial charge in [0.15, 0.2) is 5.96 Å². The van der Waals surface area contributed by atoms with Gasteiger partial charge in [0.25, 0.3) is 0 Å². The summed E-state index contributed by atoms with van der Waals surface area (Å²) in [6.45, 7) is 2.36. The Labute approximate surface area is 75.2 Å². The predicted molar refractivity (Wildman–Crippen MR) is 54.0 cm³/mol. The highest BCUT2D eigenvalue weighted by atomic mass is 15.0. The molecule has 0 spiro atoms. The van der Waals surface area contributed by atoms with E-state index in [1.54, 1.807) is 0 Å². The van der Waals surface area contributed by atoms with E-state index in [1.165, 1.54) is 39.2 Å². The van der Waals surface area contributed by atoms with Crippen molar-refractivity contribution >= 4 is 5.96 Å². The Balaban J connectivity index is 0.000000217. The van der Waals surface area contributed by atoms with Crippen LogP contribution in [-0.4, -0.2) is 13.0 Å². The molecule has 3 nitrogen and oxygen atoms in total. The van der Waals surface area contributed by atoms with Gasteiger partial charge in [-0.25, -0.2) is 0 Å². The van der Waals surface area contributed by atoms with Crippen molar-refractivity contribution in [1.82, 2.24) is 0 Å². The van der Waals surface area contributed by atoms with Crippen molar-refractivity contribution in [1.29, 1.82) is 0 Å². The summed E-state index contributed by atoms with van der Waals surface area (Å²) >= 11 is 0. The van der Waals surface area contributed by atoms with Crippen molar-refractivity contribution in [2.24, 2.45) is 22.4 Å². The highest BCUT2D eigenvalue weighted by molar-refractivity contribution is 5.75. The molecule has 0 saturated heterocycles. The van der Waals surface area contributed by atoms with E-state index in [2.05, 4.69) is 11.9 Å². The molecule has 1 aliphatic rings. The van der Waals surface area contributed by atoms with Crippen LogP contribution in [0.15, 0.2) is 4.99 Å². The lowest BCUT2D eigenvalue weighted by atomic mass is 9.91. The zero-order chi connectivity index (χ0) is 9.40. The van der Waals surface area contributed by atoms with Crippen molar-refractivity contribution in [2.75, 3.05) is 7.05 Å². The molecule has 0 aliphatic heterocycles. The van der Waals surface area contributed by atoms with Crippen LogP contribution in [0.1, 0.15) is 39.0 Å². The number of hydrogen-bond donors (Lipinski definition) is 2. The van der Waals surface area contributed by atoms with E-state index in [-0.39, 0.29) is 5.96 Å². The third kappa shape index (κ3) is 7.38. The van der Waals surface area contributed by atoms with Gasteiger partial charge in [0.05, 0.1) is 0 Å². The second-order valence-corrected chi connectivity index (χ2v) is 3.39. The van der Waals surface area contributed by atoms with Crippen LogP contribution < -0.4 is 11.5 Å². The van der Waals surface area contributed by atoms with Crippen molar-refractivity contribution in [2.45, 2.75) is 39.0 Å². The van der Waals surface area contributed by atoms with E-state index in [1.807, 2.05) is 0 Å². The molecule has 0 unspecified atom stereocenters. The van der Waals surface area contributed by atoms with Crippen molar-refractivity contribution < 1.29 is 0 Å². The van der Waals surface area contributed by atoms with Gasteiger partial charge in [-0.15, -0.1) is 0 Å². The van der Waals surface area contributed by atoms with Gasteiger partial charge in [-0.2, -0.15) is 0 Å². The number of aliphatic imine (C=N–C) groups is 1. The number of nitrogens with zero attached hydrogens (tertiary/aromatic N) is 1. The summed E-state index contributed by atoms with van der Waals surface area (Å²) in [5.74, 6) is 1.17. The molecule has 0 amide bonds. The number of guanidine groups is 1. The fraction of sp³-hybridized carbons (Fsp3) is 0.889. The van der Waals surface area contributed by atoms with Crippen molar-refractivity contribution in [3.63, 3.8) is 0 Å². The third-order valence-corrected chi connectivity index (χ3v) is 2.15. The van der Waals surface area contributed by atoms with Gasteiger partial charge >= 0.3 is 0 Å². The Hall–Kier alpha value is -0.730. The zero-order valence-electron chi connectivity index (χ0n) is 8.21. The third-order valence-electron chi connectivity index (χ3n) is 2.15. The number of hydrogen-bond acceptors (Lipinski definition) is 1. The Morgan fingerprint density at radius 1 is 1.17 bits per heavy atom. The van der Waals surface area contributed by atoms with Crippen LogP contribution in [-0.2, 0) is 0 Å². The normalized spacial score (nSPS) is 17.5. The first-order valence-electron chi connectivity index (χ1n) is 4.64. The zero-order valence-corrected chi connectivity index (χ0v) is 8.21. The Bertz CT molecular complexity index is 122. The number of nitrogens with two attached hydrogens (primary N) is 2. The van der Waals surface area contributed by atoms with E-state index in [0.717, 1.165) is 5.92 Å². The van der Waals surface area contributed by atoms with Crippen LogP contribution in [0.4, 0.5) is 0 Å². The molecule has 0 bridgehead atoms. The molecule has 0 radical (unpaired) electrons. The maximum atomic E-state index is 4.82. The molecule has 1 fully saturated rings. The van der Waals surface area contributed by atoms with Crippen LogP contribution in [0.25, 0.3) is 0 Å². The fourth-order valence-electron chi connectivity index (χ4n) is 1.31. The van der Waals surface area contributed by atoms with Gasteiger partial charge < -0.3 is 11.5 Å². The van der Waals surface area contributed by atoms with E-state index in [4.69, 9.17) is 11.5 Å². The van der Waals surface area contributed by atoms with E-state index in [9.17, 15) is 0 Å². The monoisotopic (exact) mass is 171 g/mol. The lowest BCUT2D eigenvalue weighted by molar-refractivity contribution is 0.385. The SMILES string of the molecule is CC1CCCCC1.CN=C(N)N. The summed E-state index contributed by atoms with van der Waals surface area (Å²) in [7, 11) is 1.54. The topological polar surface area (TPSA) is 64.4 Å². The van der Waals surface area contributed by atoms with Crippen LogP contribution in [0.3, 0.4) is 0 Å². The predicted octanol–water partition coefficient (Wildman–Crippen LogP) is 1.48. The molecule has 0 aromatic carbocycles. The molecular weight excluding hydrogens is 150 g/mol. The van der Waals surface area contributed by atoms with Gasteiger partial charge in [-0.3, -0.25) is 4.99 Å². The second kappa shape index (κ2) is 6.95. The van der Waals surface area contributed by atoms with E-state index >= 15 is 0 Å². The van der Waals surface area contributed by atoms with Gasteiger partial charge in [-0.1, -0.05) is 39.0 Å². The standard InChI is InChI=1S/C7H14.C2H7N3/c1-7-5-3-2-4-6-7;1-5-2(3)4/h7H,2-6H2,1H3;1H3,(H4,3,4,5). The van der Waals surface area contributed by atoms with Crippen LogP contribution in [0, 0.1) is 5.92 Å². The minimum Gasteiger partial charge on any atom is -0.370 e. The highest BCUT2D eigenvalue weighted by Crippen LogP contribution is 2.21. The van der Waals surface area contributed by atoms with Gasteiger partial charge in [0.1, 0.15) is 0 Å². The van der Waals surface area contributed by atoms with E-state index in [0.29, 0.717) is 0 Å². The minimum absolute atomic E-state index is 0.130. The quantitative estimate of drug-likeness (QED) is 0.428. The summed E-state index contributed by atoms with van der Waals surface area (Å²) in [4.78, 5) is 3.36. The van der Waals surface area contributed by atoms with E-state index < -0.39 is 0 Å². The molecule has 0 heterocycles. The lowest BCUT2D eigenvalue weighted by Gasteiger charge is -2.15. The lowest BCUT2D eigenvalue weighted by Crippen LogP contribution is -2.21. The maximum absolute atomic E-state index is 4.82. The molecule has 12 heavy (non-hydrogen) atoms. The molecule has 1 aliphatic carbocycles. The average Bonchev–Trinajstić information content (AvgIpc) is 2.07. The van der Waals surface area contributed by atoms with Gasteiger partial charge in [-0.05, 0) is 5.92 Å². The Morgan fingerprint density at radius 2 is 1.58 bits per heavy atom. The second-order valence-electron chi connectivity index (χ2n) is 3.39. The Morgan fingerprint density at radius 3 is 1.75 bits per heavy atom. The summed E-state index contributed by atoms with van der Waals surface area (Å²) in [6.07, 6.45) is 7.44. The van der Waals surface area contributed by atoms with Crippen molar-refractivity contribution in [3.05, 3.63) is 0 Å². The smallest absolute Gasteiger partial charge is 0.185 e. The Kier molecular flexibility index (Phi) is 6.53. The van der Waals surface area contributed by atoms with Gasteiger partial charge in [0.2, 0.25) is 0 Å². The first-order valence-corrected chi connectivity index (χ1v) is 4.64. The molecule has 4 N–H and O–H groups in total. The van der Waals surface area contributed by atoms with Crippen LogP contribution >= 0.6 is 0 Å². The number of rotatable bonds is 0. The first kappa shape index (κ1) is 11.3. The molecular formula is C9H21N3. The summed E-state index contributed by atoms with van der Waals surface area (Å²) in [5, 5.41) is 0. The molecule has 1 rings (SSSR count). The van der Waals surface area contributed by atoms with Crippen molar-refractivity contribution in [3.8, 4) is 0 Å².